The summed E-state index contributed by atoms with van der Waals surface area (Å²) < 4.78 is 12.6. The molecule has 0 amide bonds. The number of ether oxygens (including phenoxy) is 1. The van der Waals surface area contributed by atoms with E-state index in [0.29, 0.717) is 0 Å². The van der Waals surface area contributed by atoms with Crippen LogP contribution >= 0.6 is 0 Å². The first-order valence-corrected chi connectivity index (χ1v) is 6.73. The fraction of sp³-hybridized carbons (Fsp3) is 0.917. The van der Waals surface area contributed by atoms with Crippen molar-refractivity contribution in [3.8, 4) is 0 Å². The number of hydrogen-bond donors (Lipinski definition) is 9. The zero-order chi connectivity index (χ0) is 18.8. The van der Waals surface area contributed by atoms with Crippen molar-refractivity contribution in [2.75, 3.05) is 13.2 Å². The van der Waals surface area contributed by atoms with E-state index in [9.17, 15) is 40.5 Å². The molecular weight excluding hydrogens is 320 g/mol. The second-order valence-corrected chi connectivity index (χ2v) is 5.17. The molecule has 1 saturated heterocycles. The van der Waals surface area contributed by atoms with Crippen molar-refractivity contribution in [2.24, 2.45) is 0 Å². The standard InChI is InChI=1S/C12H22O11/c13-1-3(15)5(16)7(18)9(20)11(22)12-10(21)8(19)6(17)4(2-14)23-12/h3-10,12-21H,1-2H2/t3-,4-,5-,6+,7+,8+,9-,10-,12-/m1/s1/i12D. The Morgan fingerprint density at radius 3 is 2.04 bits per heavy atom. The molecule has 0 radical (unpaired) electrons. The van der Waals surface area contributed by atoms with Crippen molar-refractivity contribution in [3.05, 3.63) is 0 Å². The largest absolute Gasteiger partial charge is 0.394 e. The molecule has 1 aliphatic heterocycles. The number of carbonyl (C=O) groups is 1. The quantitative estimate of drug-likeness (QED) is 0.212. The van der Waals surface area contributed by atoms with Gasteiger partial charge in [-0.3, -0.25) is 4.79 Å². The molecule has 1 fully saturated rings. The molecule has 11 nitrogen and oxygen atoms in total. The number of Topliss-reactive ketones (excluding diaryl/α,β-unsaturated/α-hetero) is 1. The number of carbonyl (C=O) groups excluding carboxylic acids is 1. The molecule has 0 unspecified atom stereocenters. The van der Waals surface area contributed by atoms with Crippen molar-refractivity contribution in [3.63, 3.8) is 0 Å². The van der Waals surface area contributed by atoms with Gasteiger partial charge >= 0.3 is 0 Å². The maximum Gasteiger partial charge on any atom is 0.195 e. The Kier molecular flexibility index (Phi) is 6.79. The van der Waals surface area contributed by atoms with Crippen LogP contribution in [0.25, 0.3) is 0 Å². The van der Waals surface area contributed by atoms with E-state index in [1.54, 1.807) is 0 Å². The minimum absolute atomic E-state index is 0.927. The van der Waals surface area contributed by atoms with Crippen LogP contribution in [0.15, 0.2) is 0 Å². The third-order valence-electron chi connectivity index (χ3n) is 3.55. The molecule has 9 N–H and O–H groups in total. The van der Waals surface area contributed by atoms with Gasteiger partial charge < -0.3 is 50.7 Å². The summed E-state index contributed by atoms with van der Waals surface area (Å²) in [5.41, 5.74) is 0. The van der Waals surface area contributed by atoms with E-state index in [4.69, 9.17) is 16.3 Å². The van der Waals surface area contributed by atoms with Crippen LogP contribution in [0.2, 0.25) is 0 Å². The number of aliphatic hydroxyl groups excluding tert-OH is 9. The summed E-state index contributed by atoms with van der Waals surface area (Å²) in [6.45, 7) is -1.93. The van der Waals surface area contributed by atoms with Crippen LogP contribution in [-0.2, 0) is 9.53 Å². The summed E-state index contributed by atoms with van der Waals surface area (Å²) in [4.78, 5) is 12.2. The molecule has 0 saturated carbocycles. The highest BCUT2D eigenvalue weighted by Crippen LogP contribution is 2.23. The van der Waals surface area contributed by atoms with Crippen molar-refractivity contribution in [1.29, 1.82) is 0 Å². The fourth-order valence-electron chi connectivity index (χ4n) is 2.04. The lowest BCUT2D eigenvalue weighted by Gasteiger charge is -2.40. The van der Waals surface area contributed by atoms with Gasteiger partial charge in [0.05, 0.1) is 14.6 Å². The molecule has 11 heteroatoms. The van der Waals surface area contributed by atoms with Crippen molar-refractivity contribution in [2.45, 2.75) is 54.9 Å². The molecule has 23 heavy (non-hydrogen) atoms. The molecule has 1 aliphatic rings. The van der Waals surface area contributed by atoms with Gasteiger partial charge in [-0.25, -0.2) is 0 Å². The fourth-order valence-corrected chi connectivity index (χ4v) is 2.04. The molecule has 9 atom stereocenters. The van der Waals surface area contributed by atoms with Gasteiger partial charge in [-0.15, -0.1) is 0 Å². The summed E-state index contributed by atoms with van der Waals surface area (Å²) in [5.74, 6) is -1.70. The van der Waals surface area contributed by atoms with Gasteiger partial charge in [-0.05, 0) is 0 Å². The second kappa shape index (κ2) is 8.39. The molecule has 0 aliphatic carbocycles. The minimum atomic E-state index is -3.07. The van der Waals surface area contributed by atoms with E-state index in [1.165, 1.54) is 0 Å². The highest BCUT2D eigenvalue weighted by Gasteiger charge is 2.49. The zero-order valence-electron chi connectivity index (χ0n) is 12.9. The lowest BCUT2D eigenvalue weighted by molar-refractivity contribution is -0.231. The third kappa shape index (κ3) is 4.22. The summed E-state index contributed by atoms with van der Waals surface area (Å²) in [6.07, 6.45) is -19.9. The Morgan fingerprint density at radius 1 is 1.00 bits per heavy atom. The maximum atomic E-state index is 12.2. The first-order valence-electron chi connectivity index (χ1n) is 7.23. The van der Waals surface area contributed by atoms with Gasteiger partial charge in [-0.2, -0.15) is 0 Å². The number of aliphatic hydroxyl groups is 9. The first kappa shape index (κ1) is 18.6. The van der Waals surface area contributed by atoms with E-state index >= 15 is 0 Å². The normalized spacial score (nSPS) is 40.8. The Bertz CT molecular complexity index is 435. The van der Waals surface area contributed by atoms with Crippen molar-refractivity contribution >= 4 is 5.78 Å². The van der Waals surface area contributed by atoms with Crippen molar-refractivity contribution < 1.29 is 56.9 Å². The number of rotatable bonds is 7. The summed E-state index contributed by atoms with van der Waals surface area (Å²) in [5, 5.41) is 84.8. The number of hydrogen-bond acceptors (Lipinski definition) is 11. The van der Waals surface area contributed by atoms with E-state index in [2.05, 4.69) is 0 Å². The Morgan fingerprint density at radius 2 is 1.57 bits per heavy atom. The van der Waals surface area contributed by atoms with Gasteiger partial charge in [-0.1, -0.05) is 0 Å². The molecule has 0 spiro atoms. The van der Waals surface area contributed by atoms with Gasteiger partial charge in [0, 0.05) is 0 Å². The van der Waals surface area contributed by atoms with Gasteiger partial charge in [0.1, 0.15) is 54.9 Å². The zero-order valence-corrected chi connectivity index (χ0v) is 11.9. The Hall–Kier alpha value is -0.730. The van der Waals surface area contributed by atoms with E-state index in [1.807, 2.05) is 0 Å². The third-order valence-corrected chi connectivity index (χ3v) is 3.55. The van der Waals surface area contributed by atoms with Gasteiger partial charge in [0.2, 0.25) is 0 Å². The van der Waals surface area contributed by atoms with Gasteiger partial charge in [0.15, 0.2) is 5.78 Å². The van der Waals surface area contributed by atoms with Gasteiger partial charge in [0.25, 0.3) is 0 Å². The van der Waals surface area contributed by atoms with E-state index < -0.39 is 73.9 Å². The van der Waals surface area contributed by atoms with Crippen LogP contribution in [0, 0.1) is 0 Å². The molecule has 0 aromatic heterocycles. The SMILES string of the molecule is [2H][C@@]1(C(=O)[C@H](O)[C@@H](O)[C@H](O)[C@H](O)CO)O[C@H](CO)[C@H](O)[C@H](O)[C@H]1O. The molecule has 136 valence electrons. The predicted molar refractivity (Wildman–Crippen MR) is 69.9 cm³/mol. The summed E-state index contributed by atoms with van der Waals surface area (Å²) >= 11 is 0. The Labute approximate surface area is 132 Å². The second-order valence-electron chi connectivity index (χ2n) is 5.17. The Balaban J connectivity index is 3.02. The maximum absolute atomic E-state index is 12.2. The highest BCUT2D eigenvalue weighted by atomic mass is 16.5. The van der Waals surface area contributed by atoms with E-state index in [0.717, 1.165) is 0 Å². The summed E-state index contributed by atoms with van der Waals surface area (Å²) in [7, 11) is 0. The lowest BCUT2D eigenvalue weighted by Crippen LogP contribution is -2.63. The smallest absolute Gasteiger partial charge is 0.195 e. The number of ketones is 1. The molecule has 1 rings (SSSR count). The van der Waals surface area contributed by atoms with Crippen LogP contribution in [0.1, 0.15) is 1.37 Å². The molecule has 0 bridgehead atoms. The van der Waals surface area contributed by atoms with Crippen LogP contribution in [0.5, 0.6) is 0 Å². The minimum Gasteiger partial charge on any atom is -0.394 e. The van der Waals surface area contributed by atoms with Crippen LogP contribution in [0.3, 0.4) is 0 Å². The first-order chi connectivity index (χ1) is 11.0. The monoisotopic (exact) mass is 343 g/mol. The molecule has 0 aromatic rings. The van der Waals surface area contributed by atoms with E-state index in [-0.39, 0.29) is 0 Å². The van der Waals surface area contributed by atoms with Crippen molar-refractivity contribution in [1.82, 2.24) is 0 Å². The van der Waals surface area contributed by atoms with Crippen LogP contribution in [-0.4, -0.2) is 120 Å². The lowest BCUT2D eigenvalue weighted by atomic mass is 9.89. The summed E-state index contributed by atoms with van der Waals surface area (Å²) in [6, 6.07) is 0. The highest BCUT2D eigenvalue weighted by molar-refractivity contribution is 5.88. The van der Waals surface area contributed by atoms with Crippen LogP contribution < -0.4 is 0 Å². The molecule has 0 aromatic carbocycles. The molecule has 1 heterocycles. The average Bonchev–Trinajstić information content (AvgIpc) is 2.59. The average molecular weight is 343 g/mol. The molecular formula is C12H22O11. The topological polar surface area (TPSA) is 208 Å². The van der Waals surface area contributed by atoms with Crippen LogP contribution in [0.4, 0.5) is 0 Å². The predicted octanol–water partition coefficient (Wildman–Crippen LogP) is -6.17.